The molecule has 0 bridgehead atoms. The van der Waals surface area contributed by atoms with Crippen LogP contribution in [0.2, 0.25) is 0 Å². The van der Waals surface area contributed by atoms with Crippen LogP contribution in [-0.2, 0) is 0 Å². The number of nitrogens with zero attached hydrogens (tertiary/aromatic N) is 3. The average molecular weight is 335 g/mol. The van der Waals surface area contributed by atoms with E-state index in [4.69, 9.17) is 5.73 Å². The summed E-state index contributed by atoms with van der Waals surface area (Å²) in [5, 5.41) is 0. The highest BCUT2D eigenvalue weighted by Gasteiger charge is 2.29. The number of hydrogen-bond acceptors (Lipinski definition) is 4. The maximum Gasteiger partial charge on any atom is 0.196 e. The summed E-state index contributed by atoms with van der Waals surface area (Å²) in [6.07, 6.45) is 3.49. The summed E-state index contributed by atoms with van der Waals surface area (Å²) < 4.78 is 14.3. The lowest BCUT2D eigenvalue weighted by molar-refractivity contribution is 0.626. The summed E-state index contributed by atoms with van der Waals surface area (Å²) >= 11 is 3.40. The van der Waals surface area contributed by atoms with Gasteiger partial charge in [0.05, 0.1) is 12.6 Å². The molecule has 1 atom stereocenters. The molecule has 0 fully saturated rings. The Morgan fingerprint density at radius 3 is 2.90 bits per heavy atom. The van der Waals surface area contributed by atoms with Crippen LogP contribution in [0.5, 0.6) is 0 Å². The number of aliphatic imine (C=N–C) groups is 1. The molecule has 2 aromatic rings. The number of guanidine groups is 1. The highest BCUT2D eigenvalue weighted by atomic mass is 79.9. The van der Waals surface area contributed by atoms with Gasteiger partial charge < -0.3 is 10.6 Å². The highest BCUT2D eigenvalue weighted by molar-refractivity contribution is 9.10. The van der Waals surface area contributed by atoms with E-state index in [0.29, 0.717) is 18.2 Å². The molecular formula is C14H12BrFN4. The van der Waals surface area contributed by atoms with Crippen LogP contribution < -0.4 is 10.6 Å². The molecule has 3 rings (SSSR count). The summed E-state index contributed by atoms with van der Waals surface area (Å²) in [5.41, 5.74) is 7.62. The van der Waals surface area contributed by atoms with Crippen LogP contribution in [0.4, 0.5) is 10.1 Å². The summed E-state index contributed by atoms with van der Waals surface area (Å²) in [4.78, 5) is 10.3. The van der Waals surface area contributed by atoms with Crippen LogP contribution in [0.25, 0.3) is 0 Å². The first kappa shape index (κ1) is 13.1. The molecule has 0 spiro atoms. The SMILES string of the molecule is NC1=NCC(c2cncc(Br)c2)N1c1cccc(F)c1. The fourth-order valence-corrected chi connectivity index (χ4v) is 2.68. The van der Waals surface area contributed by atoms with E-state index in [0.717, 1.165) is 10.0 Å². The normalized spacial score (nSPS) is 18.2. The van der Waals surface area contributed by atoms with Crippen LogP contribution in [0.1, 0.15) is 11.6 Å². The van der Waals surface area contributed by atoms with Crippen LogP contribution in [-0.4, -0.2) is 17.5 Å². The molecule has 0 saturated carbocycles. The molecule has 4 nitrogen and oxygen atoms in total. The molecule has 1 aliphatic rings. The Bertz CT molecular complexity index is 674. The molecule has 1 aliphatic heterocycles. The van der Waals surface area contributed by atoms with Crippen LogP contribution >= 0.6 is 15.9 Å². The number of hydrogen-bond donors (Lipinski definition) is 1. The van der Waals surface area contributed by atoms with Gasteiger partial charge in [0, 0.05) is 22.6 Å². The number of rotatable bonds is 2. The Labute approximate surface area is 124 Å². The maximum absolute atomic E-state index is 13.4. The molecule has 1 aromatic carbocycles. The first-order valence-electron chi connectivity index (χ1n) is 6.10. The van der Waals surface area contributed by atoms with E-state index < -0.39 is 0 Å². The topological polar surface area (TPSA) is 54.5 Å². The van der Waals surface area contributed by atoms with Crippen molar-refractivity contribution in [2.24, 2.45) is 10.7 Å². The zero-order valence-corrected chi connectivity index (χ0v) is 12.1. The largest absolute Gasteiger partial charge is 0.369 e. The van der Waals surface area contributed by atoms with E-state index in [9.17, 15) is 4.39 Å². The Morgan fingerprint density at radius 2 is 2.15 bits per heavy atom. The third-order valence-electron chi connectivity index (χ3n) is 3.18. The van der Waals surface area contributed by atoms with Crippen LogP contribution in [0, 0.1) is 5.82 Å². The third kappa shape index (κ3) is 2.38. The quantitative estimate of drug-likeness (QED) is 0.918. The Hall–Kier alpha value is -1.95. The van der Waals surface area contributed by atoms with Crippen molar-refractivity contribution < 1.29 is 4.39 Å². The second-order valence-electron chi connectivity index (χ2n) is 4.50. The molecular weight excluding hydrogens is 323 g/mol. The Balaban J connectivity index is 2.00. The van der Waals surface area contributed by atoms with Crippen molar-refractivity contribution in [3.8, 4) is 0 Å². The summed E-state index contributed by atoms with van der Waals surface area (Å²) in [5.74, 6) is 0.0916. The summed E-state index contributed by atoms with van der Waals surface area (Å²) in [7, 11) is 0. The lowest BCUT2D eigenvalue weighted by atomic mass is 10.1. The molecule has 102 valence electrons. The van der Waals surface area contributed by atoms with E-state index in [2.05, 4.69) is 25.9 Å². The van der Waals surface area contributed by atoms with Gasteiger partial charge in [0.25, 0.3) is 0 Å². The molecule has 0 saturated heterocycles. The Kier molecular flexibility index (Phi) is 3.40. The molecule has 1 aromatic heterocycles. The van der Waals surface area contributed by atoms with Crippen molar-refractivity contribution in [3.63, 3.8) is 0 Å². The second-order valence-corrected chi connectivity index (χ2v) is 5.42. The number of aromatic nitrogens is 1. The number of nitrogens with two attached hydrogens (primary N) is 1. The predicted molar refractivity (Wildman–Crippen MR) is 80.0 cm³/mol. The number of halogens is 2. The maximum atomic E-state index is 13.4. The van der Waals surface area contributed by atoms with Gasteiger partial charge in [-0.05, 0) is 45.8 Å². The fraction of sp³-hybridized carbons (Fsp3) is 0.143. The standard InChI is InChI=1S/C14H12BrFN4/c15-10-4-9(6-18-7-10)13-8-19-14(17)20(13)12-3-1-2-11(16)5-12/h1-7,13H,8H2,(H2,17,19). The van der Waals surface area contributed by atoms with Gasteiger partial charge in [-0.3, -0.25) is 9.98 Å². The van der Waals surface area contributed by atoms with Gasteiger partial charge in [-0.1, -0.05) is 6.07 Å². The number of pyridine rings is 1. The van der Waals surface area contributed by atoms with Gasteiger partial charge in [0.1, 0.15) is 5.82 Å². The van der Waals surface area contributed by atoms with Crippen molar-refractivity contribution in [2.75, 3.05) is 11.4 Å². The summed E-state index contributed by atoms with van der Waals surface area (Å²) in [6.45, 7) is 0.528. The number of anilines is 1. The smallest absolute Gasteiger partial charge is 0.196 e. The van der Waals surface area contributed by atoms with Crippen molar-refractivity contribution in [2.45, 2.75) is 6.04 Å². The van der Waals surface area contributed by atoms with Crippen molar-refractivity contribution >= 4 is 27.6 Å². The second kappa shape index (κ2) is 5.20. The first-order chi connectivity index (χ1) is 9.65. The van der Waals surface area contributed by atoms with Gasteiger partial charge in [-0.25, -0.2) is 4.39 Å². The molecule has 20 heavy (non-hydrogen) atoms. The first-order valence-corrected chi connectivity index (χ1v) is 6.89. The molecule has 0 aliphatic carbocycles. The van der Waals surface area contributed by atoms with E-state index in [1.54, 1.807) is 18.5 Å². The highest BCUT2D eigenvalue weighted by Crippen LogP contribution is 2.31. The van der Waals surface area contributed by atoms with Crippen molar-refractivity contribution in [3.05, 3.63) is 58.6 Å². The number of benzene rings is 1. The molecule has 0 radical (unpaired) electrons. The molecule has 1 unspecified atom stereocenters. The molecule has 2 N–H and O–H groups in total. The minimum atomic E-state index is -0.298. The minimum absolute atomic E-state index is 0.0678. The van der Waals surface area contributed by atoms with Crippen molar-refractivity contribution in [1.82, 2.24) is 4.98 Å². The lowest BCUT2D eigenvalue weighted by Gasteiger charge is -2.26. The van der Waals surface area contributed by atoms with E-state index in [-0.39, 0.29) is 11.9 Å². The lowest BCUT2D eigenvalue weighted by Crippen LogP contribution is -2.36. The van der Waals surface area contributed by atoms with Crippen LogP contribution in [0.3, 0.4) is 0 Å². The summed E-state index contributed by atoms with van der Waals surface area (Å²) in [6, 6.07) is 8.23. The van der Waals surface area contributed by atoms with Crippen LogP contribution in [0.15, 0.2) is 52.2 Å². The van der Waals surface area contributed by atoms with Gasteiger partial charge in [-0.2, -0.15) is 0 Å². The molecule has 6 heteroatoms. The van der Waals surface area contributed by atoms with Gasteiger partial charge >= 0.3 is 0 Å². The third-order valence-corrected chi connectivity index (χ3v) is 3.62. The molecule has 0 amide bonds. The molecule has 2 heterocycles. The van der Waals surface area contributed by atoms with E-state index in [1.165, 1.54) is 12.1 Å². The monoisotopic (exact) mass is 334 g/mol. The fourth-order valence-electron chi connectivity index (χ4n) is 2.30. The zero-order chi connectivity index (χ0) is 14.1. The van der Waals surface area contributed by atoms with E-state index >= 15 is 0 Å². The van der Waals surface area contributed by atoms with E-state index in [1.807, 2.05) is 17.0 Å². The van der Waals surface area contributed by atoms with Gasteiger partial charge in [0.15, 0.2) is 5.96 Å². The average Bonchev–Trinajstić information content (AvgIpc) is 2.80. The Morgan fingerprint density at radius 1 is 1.30 bits per heavy atom. The zero-order valence-electron chi connectivity index (χ0n) is 10.5. The van der Waals surface area contributed by atoms with Gasteiger partial charge in [0.2, 0.25) is 0 Å². The predicted octanol–water partition coefficient (Wildman–Crippen LogP) is 2.86. The van der Waals surface area contributed by atoms with Gasteiger partial charge in [-0.15, -0.1) is 0 Å². The van der Waals surface area contributed by atoms with Crippen molar-refractivity contribution in [1.29, 1.82) is 0 Å². The minimum Gasteiger partial charge on any atom is -0.369 e.